The Hall–Kier alpha value is -3.58. The molecule has 3 aromatic carbocycles. The zero-order valence-corrected chi connectivity index (χ0v) is 22.5. The van der Waals surface area contributed by atoms with Gasteiger partial charge in [-0.3, -0.25) is 4.98 Å². The number of benzene rings is 3. The Labute approximate surface area is 222 Å². The van der Waals surface area contributed by atoms with E-state index in [1.54, 1.807) is 21.3 Å². The van der Waals surface area contributed by atoms with Gasteiger partial charge in [-0.25, -0.2) is 0 Å². The molecule has 0 radical (unpaired) electrons. The first-order valence-corrected chi connectivity index (χ1v) is 13.3. The molecule has 0 aliphatic carbocycles. The van der Waals surface area contributed by atoms with E-state index >= 15 is 0 Å². The Morgan fingerprint density at radius 1 is 0.946 bits per heavy atom. The van der Waals surface area contributed by atoms with Crippen molar-refractivity contribution in [2.24, 2.45) is 0 Å². The Morgan fingerprint density at radius 3 is 2.49 bits per heavy atom. The van der Waals surface area contributed by atoms with Crippen LogP contribution >= 0.6 is 11.8 Å². The molecule has 6 nitrogen and oxygen atoms in total. The highest BCUT2D eigenvalue weighted by molar-refractivity contribution is 7.99. The van der Waals surface area contributed by atoms with Crippen molar-refractivity contribution in [1.82, 2.24) is 4.98 Å². The molecule has 1 aliphatic rings. The summed E-state index contributed by atoms with van der Waals surface area (Å²) in [4.78, 5) is 8.21. The predicted molar refractivity (Wildman–Crippen MR) is 150 cm³/mol. The van der Waals surface area contributed by atoms with Crippen LogP contribution in [0.3, 0.4) is 0 Å². The Balaban J connectivity index is 1.51. The average Bonchev–Trinajstić information content (AvgIpc) is 3.11. The molecule has 7 heteroatoms. The van der Waals surface area contributed by atoms with Crippen molar-refractivity contribution < 1.29 is 18.9 Å². The maximum atomic E-state index is 5.86. The third-order valence-electron chi connectivity index (χ3n) is 6.62. The van der Waals surface area contributed by atoms with Gasteiger partial charge >= 0.3 is 0 Å². The average molecular weight is 517 g/mol. The molecule has 0 bridgehead atoms. The van der Waals surface area contributed by atoms with Crippen molar-refractivity contribution in [2.75, 3.05) is 39.4 Å². The maximum absolute atomic E-state index is 5.86. The number of hydrogen-bond acceptors (Lipinski definition) is 7. The van der Waals surface area contributed by atoms with Crippen LogP contribution in [0.25, 0.3) is 10.9 Å². The Bertz CT molecular complexity index is 1370. The molecule has 0 saturated carbocycles. The molecule has 0 spiro atoms. The van der Waals surface area contributed by atoms with Gasteiger partial charge in [-0.2, -0.15) is 0 Å². The summed E-state index contributed by atoms with van der Waals surface area (Å²) in [6, 6.07) is 21.2. The second kappa shape index (κ2) is 11.2. The van der Waals surface area contributed by atoms with Crippen LogP contribution in [0.4, 0.5) is 5.69 Å². The first kappa shape index (κ1) is 25.1. The van der Waals surface area contributed by atoms with Crippen LogP contribution in [0, 0.1) is 0 Å². The minimum Gasteiger partial charge on any atom is -0.494 e. The van der Waals surface area contributed by atoms with E-state index in [1.807, 2.05) is 30.9 Å². The lowest BCUT2D eigenvalue weighted by Crippen LogP contribution is -2.24. The molecule has 0 amide bonds. The van der Waals surface area contributed by atoms with Gasteiger partial charge in [0.15, 0.2) is 11.5 Å². The Kier molecular flexibility index (Phi) is 7.60. The van der Waals surface area contributed by atoms with E-state index < -0.39 is 0 Å². The molecular formula is C30H32N2O4S. The largest absolute Gasteiger partial charge is 0.494 e. The number of methoxy groups -OCH3 is 3. The SMILES string of the molecule is CCOc1ccc2c(c1)SC(c1cc(OC)c(OC)c(OC)c1)CCN2Cc1ccc2cccnc2c1. The quantitative estimate of drug-likeness (QED) is 0.252. The van der Waals surface area contributed by atoms with Crippen molar-refractivity contribution in [1.29, 1.82) is 0 Å². The summed E-state index contributed by atoms with van der Waals surface area (Å²) >= 11 is 1.85. The lowest BCUT2D eigenvalue weighted by molar-refractivity contribution is 0.323. The fourth-order valence-electron chi connectivity index (χ4n) is 4.83. The highest BCUT2D eigenvalue weighted by Crippen LogP contribution is 2.49. The molecule has 5 rings (SSSR count). The third kappa shape index (κ3) is 5.27. The highest BCUT2D eigenvalue weighted by Gasteiger charge is 2.26. The number of pyridine rings is 1. The summed E-state index contributed by atoms with van der Waals surface area (Å²) in [7, 11) is 4.95. The predicted octanol–water partition coefficient (Wildman–Crippen LogP) is 6.90. The normalized spacial score (nSPS) is 15.1. The van der Waals surface area contributed by atoms with E-state index in [4.69, 9.17) is 18.9 Å². The molecule has 192 valence electrons. The van der Waals surface area contributed by atoms with Crippen LogP contribution in [0.2, 0.25) is 0 Å². The van der Waals surface area contributed by atoms with Crippen LogP contribution < -0.4 is 23.8 Å². The molecule has 1 aromatic heterocycles. The van der Waals surface area contributed by atoms with Gasteiger partial charge < -0.3 is 23.8 Å². The van der Waals surface area contributed by atoms with E-state index in [2.05, 4.69) is 64.5 Å². The first-order valence-electron chi connectivity index (χ1n) is 12.5. The zero-order chi connectivity index (χ0) is 25.8. The van der Waals surface area contributed by atoms with Gasteiger partial charge in [0.2, 0.25) is 5.75 Å². The van der Waals surface area contributed by atoms with Crippen LogP contribution in [0.15, 0.2) is 71.8 Å². The molecular weight excluding hydrogens is 484 g/mol. The Morgan fingerprint density at radius 2 is 1.76 bits per heavy atom. The molecule has 1 atom stereocenters. The van der Waals surface area contributed by atoms with Gasteiger partial charge in [0.05, 0.1) is 39.1 Å². The fourth-order valence-corrected chi connectivity index (χ4v) is 6.13. The van der Waals surface area contributed by atoms with Crippen molar-refractivity contribution >= 4 is 28.4 Å². The zero-order valence-electron chi connectivity index (χ0n) is 21.7. The maximum Gasteiger partial charge on any atom is 0.203 e. The lowest BCUT2D eigenvalue weighted by Gasteiger charge is -2.25. The van der Waals surface area contributed by atoms with Crippen LogP contribution in [-0.2, 0) is 6.54 Å². The number of rotatable bonds is 8. The van der Waals surface area contributed by atoms with Crippen LogP contribution in [0.1, 0.15) is 29.7 Å². The number of nitrogens with zero attached hydrogens (tertiary/aromatic N) is 2. The number of ether oxygens (including phenoxy) is 4. The third-order valence-corrected chi connectivity index (χ3v) is 7.99. The van der Waals surface area contributed by atoms with Gasteiger partial charge in [-0.05, 0) is 66.9 Å². The second-order valence-corrected chi connectivity index (χ2v) is 10.1. The lowest BCUT2D eigenvalue weighted by atomic mass is 10.1. The van der Waals surface area contributed by atoms with E-state index in [0.29, 0.717) is 23.9 Å². The van der Waals surface area contributed by atoms with E-state index in [1.165, 1.54) is 16.1 Å². The number of thioether (sulfide) groups is 1. The number of anilines is 1. The monoisotopic (exact) mass is 516 g/mol. The van der Waals surface area contributed by atoms with Gasteiger partial charge in [0.25, 0.3) is 0 Å². The summed E-state index contributed by atoms with van der Waals surface area (Å²) in [6.45, 7) is 4.34. The summed E-state index contributed by atoms with van der Waals surface area (Å²) in [5, 5.41) is 1.36. The minimum absolute atomic E-state index is 0.201. The molecule has 0 fully saturated rings. The molecule has 1 aliphatic heterocycles. The minimum atomic E-state index is 0.201. The number of fused-ring (bicyclic) bond motifs is 2. The van der Waals surface area contributed by atoms with Crippen LogP contribution in [-0.4, -0.2) is 39.5 Å². The van der Waals surface area contributed by atoms with Crippen LogP contribution in [0.5, 0.6) is 23.0 Å². The summed E-state index contributed by atoms with van der Waals surface area (Å²) in [5.74, 6) is 2.84. The number of hydrogen-bond donors (Lipinski definition) is 0. The smallest absolute Gasteiger partial charge is 0.203 e. The molecule has 1 unspecified atom stereocenters. The van der Waals surface area contributed by atoms with Crippen molar-refractivity contribution in [3.63, 3.8) is 0 Å². The van der Waals surface area contributed by atoms with E-state index in [-0.39, 0.29) is 5.25 Å². The molecule has 0 N–H and O–H groups in total. The standard InChI is InChI=1S/C30H32N2O4S/c1-5-36-23-10-11-25-29(18-23)37-28(22-16-26(33-2)30(35-4)27(17-22)34-3)12-14-32(25)19-20-8-9-21-7-6-13-31-24(21)15-20/h6-11,13,15-18,28H,5,12,14,19H2,1-4H3. The van der Waals surface area contributed by atoms with Gasteiger partial charge in [-0.1, -0.05) is 18.2 Å². The topological polar surface area (TPSA) is 53.1 Å². The second-order valence-electron chi connectivity index (χ2n) is 8.87. The molecule has 4 aromatic rings. The molecule has 37 heavy (non-hydrogen) atoms. The summed E-state index contributed by atoms with van der Waals surface area (Å²) < 4.78 is 22.7. The summed E-state index contributed by atoms with van der Waals surface area (Å²) in [6.07, 6.45) is 2.80. The van der Waals surface area contributed by atoms with E-state index in [9.17, 15) is 0 Å². The van der Waals surface area contributed by atoms with E-state index in [0.717, 1.165) is 41.7 Å². The van der Waals surface area contributed by atoms with Gasteiger partial charge in [0.1, 0.15) is 5.75 Å². The van der Waals surface area contributed by atoms with Crippen molar-refractivity contribution in [3.05, 3.63) is 78.0 Å². The van der Waals surface area contributed by atoms with Crippen molar-refractivity contribution in [3.8, 4) is 23.0 Å². The first-order chi connectivity index (χ1) is 18.1. The highest BCUT2D eigenvalue weighted by atomic mass is 32.2. The van der Waals surface area contributed by atoms with Gasteiger partial charge in [-0.15, -0.1) is 11.8 Å². The number of aromatic nitrogens is 1. The summed E-state index contributed by atoms with van der Waals surface area (Å²) in [5.41, 5.74) is 4.61. The van der Waals surface area contributed by atoms with Gasteiger partial charge in [0, 0.05) is 34.8 Å². The van der Waals surface area contributed by atoms with Crippen molar-refractivity contribution in [2.45, 2.75) is 30.0 Å². The fraction of sp³-hybridized carbons (Fsp3) is 0.300. The molecule has 2 heterocycles. The molecule has 0 saturated heterocycles.